The molecule has 0 atom stereocenters. The maximum atomic E-state index is 11.8. The monoisotopic (exact) mass is 337 g/mol. The van der Waals surface area contributed by atoms with E-state index >= 15 is 0 Å². The van der Waals surface area contributed by atoms with E-state index in [0.29, 0.717) is 28.3 Å². The van der Waals surface area contributed by atoms with Crippen LogP contribution in [0.15, 0.2) is 18.7 Å². The zero-order chi connectivity index (χ0) is 15.9. The van der Waals surface area contributed by atoms with Crippen molar-refractivity contribution in [3.63, 3.8) is 0 Å². The van der Waals surface area contributed by atoms with Crippen LogP contribution < -0.4 is 4.74 Å². The Morgan fingerprint density at radius 1 is 1.35 bits per heavy atom. The molecular formula is C13H12ClN5O4. The van der Waals surface area contributed by atoms with Crippen molar-refractivity contribution in [2.24, 2.45) is 0 Å². The van der Waals surface area contributed by atoms with Crippen molar-refractivity contribution in [2.45, 2.75) is 6.92 Å². The standard InChI is InChI=1S/C13H11N5O4.ClH/c1-6-16-5-18(17-6)12-10-9(8(22-2)4-15-12)7(3-14-10)11(19)13(20)21;/h3-5,14H,1-2H3,(H,20,21);1H. The van der Waals surface area contributed by atoms with Gasteiger partial charge in [0, 0.05) is 6.20 Å². The third kappa shape index (κ3) is 2.61. The molecule has 0 saturated carbocycles. The van der Waals surface area contributed by atoms with Gasteiger partial charge in [0.05, 0.1) is 29.8 Å². The van der Waals surface area contributed by atoms with E-state index in [2.05, 4.69) is 20.1 Å². The van der Waals surface area contributed by atoms with Gasteiger partial charge in [0.15, 0.2) is 5.82 Å². The number of aromatic nitrogens is 5. The van der Waals surface area contributed by atoms with Crippen molar-refractivity contribution < 1.29 is 19.4 Å². The van der Waals surface area contributed by atoms with Crippen molar-refractivity contribution in [2.75, 3.05) is 7.11 Å². The first-order chi connectivity index (χ1) is 10.5. The average Bonchev–Trinajstić information content (AvgIpc) is 3.12. The number of aryl methyl sites for hydroxylation is 1. The van der Waals surface area contributed by atoms with Gasteiger partial charge >= 0.3 is 5.97 Å². The number of carboxylic acid groups (broad SMARTS) is 1. The number of H-pyrrole nitrogens is 1. The van der Waals surface area contributed by atoms with Gasteiger partial charge in [-0.1, -0.05) is 0 Å². The van der Waals surface area contributed by atoms with Gasteiger partial charge in [0.2, 0.25) is 0 Å². The van der Waals surface area contributed by atoms with Crippen molar-refractivity contribution >= 4 is 35.1 Å². The number of hydrogen-bond acceptors (Lipinski definition) is 6. The summed E-state index contributed by atoms with van der Waals surface area (Å²) in [5, 5.41) is 13.4. The van der Waals surface area contributed by atoms with Crippen LogP contribution in [0.2, 0.25) is 0 Å². The van der Waals surface area contributed by atoms with E-state index < -0.39 is 11.8 Å². The van der Waals surface area contributed by atoms with Gasteiger partial charge in [-0.2, -0.15) is 5.10 Å². The number of pyridine rings is 1. The second kappa shape index (κ2) is 6.05. The molecule has 0 radical (unpaired) electrons. The number of Topliss-reactive ketones (excluding diaryl/α,β-unsaturated/α-hetero) is 1. The predicted octanol–water partition coefficient (Wildman–Crippen LogP) is 1.15. The number of fused-ring (bicyclic) bond motifs is 1. The summed E-state index contributed by atoms with van der Waals surface area (Å²) in [6.45, 7) is 1.73. The second-order valence-corrected chi connectivity index (χ2v) is 4.47. The van der Waals surface area contributed by atoms with E-state index in [1.165, 1.54) is 30.5 Å². The Labute approximate surface area is 135 Å². The summed E-state index contributed by atoms with van der Waals surface area (Å²) in [7, 11) is 1.41. The normalized spacial score (nSPS) is 10.3. The molecule has 0 aliphatic carbocycles. The van der Waals surface area contributed by atoms with Crippen LogP contribution in [0.3, 0.4) is 0 Å². The maximum absolute atomic E-state index is 11.8. The number of carboxylic acids is 1. The lowest BCUT2D eigenvalue weighted by Gasteiger charge is -2.06. The molecule has 3 heterocycles. The first-order valence-corrected chi connectivity index (χ1v) is 6.23. The Morgan fingerprint density at radius 2 is 2.09 bits per heavy atom. The average molecular weight is 338 g/mol. The van der Waals surface area contributed by atoms with Crippen molar-refractivity contribution in [1.29, 1.82) is 0 Å². The van der Waals surface area contributed by atoms with Crippen LogP contribution in [-0.4, -0.2) is 48.7 Å². The summed E-state index contributed by atoms with van der Waals surface area (Å²) in [5.41, 5.74) is 0.439. The quantitative estimate of drug-likeness (QED) is 0.540. The van der Waals surface area contributed by atoms with Crippen LogP contribution in [0.5, 0.6) is 5.75 Å². The molecule has 9 nitrogen and oxygen atoms in total. The number of halogens is 1. The number of nitrogens with one attached hydrogen (secondary N) is 1. The molecule has 0 bridgehead atoms. The SMILES string of the molecule is COc1cnc(-n2cnc(C)n2)c2[nH]cc(C(=O)C(=O)O)c12.Cl. The number of aliphatic carboxylic acids is 1. The molecule has 0 saturated heterocycles. The molecule has 0 spiro atoms. The van der Waals surface area contributed by atoms with Crippen molar-refractivity contribution in [3.05, 3.63) is 30.1 Å². The summed E-state index contributed by atoms with van der Waals surface area (Å²) >= 11 is 0. The molecule has 2 N–H and O–H groups in total. The maximum Gasteiger partial charge on any atom is 0.377 e. The second-order valence-electron chi connectivity index (χ2n) is 4.47. The molecule has 3 aromatic heterocycles. The topological polar surface area (TPSA) is 123 Å². The number of carbonyl (C=O) groups excluding carboxylic acids is 1. The number of ketones is 1. The minimum atomic E-state index is -1.54. The summed E-state index contributed by atoms with van der Waals surface area (Å²) in [6, 6.07) is 0. The van der Waals surface area contributed by atoms with Crippen molar-refractivity contribution in [3.8, 4) is 11.6 Å². The first kappa shape index (κ1) is 16.4. The molecule has 0 aromatic carbocycles. The lowest BCUT2D eigenvalue weighted by Crippen LogP contribution is -2.12. The van der Waals surface area contributed by atoms with E-state index in [-0.39, 0.29) is 18.0 Å². The highest BCUT2D eigenvalue weighted by Crippen LogP contribution is 2.31. The fourth-order valence-electron chi connectivity index (χ4n) is 2.18. The minimum Gasteiger partial charge on any atom is -0.494 e. The van der Waals surface area contributed by atoms with E-state index in [1.54, 1.807) is 6.92 Å². The zero-order valence-electron chi connectivity index (χ0n) is 12.1. The molecule has 10 heteroatoms. The van der Waals surface area contributed by atoms with Crippen LogP contribution in [0, 0.1) is 6.92 Å². The summed E-state index contributed by atoms with van der Waals surface area (Å²) in [6.07, 6.45) is 4.20. The van der Waals surface area contributed by atoms with Crippen LogP contribution in [0.4, 0.5) is 0 Å². The Bertz CT molecular complexity index is 901. The highest BCUT2D eigenvalue weighted by molar-refractivity contribution is 6.42. The fourth-order valence-corrected chi connectivity index (χ4v) is 2.18. The number of aromatic amines is 1. The largest absolute Gasteiger partial charge is 0.494 e. The fraction of sp³-hybridized carbons (Fsp3) is 0.154. The van der Waals surface area contributed by atoms with Crippen LogP contribution in [0.25, 0.3) is 16.7 Å². The lowest BCUT2D eigenvalue weighted by atomic mass is 10.1. The number of rotatable bonds is 4. The zero-order valence-corrected chi connectivity index (χ0v) is 12.9. The van der Waals surface area contributed by atoms with Crippen LogP contribution in [0.1, 0.15) is 16.2 Å². The Kier molecular flexibility index (Phi) is 4.32. The van der Waals surface area contributed by atoms with Crippen LogP contribution >= 0.6 is 12.4 Å². The first-order valence-electron chi connectivity index (χ1n) is 6.23. The Morgan fingerprint density at radius 3 is 2.65 bits per heavy atom. The Hall–Kier alpha value is -2.94. The van der Waals surface area contributed by atoms with Gasteiger partial charge in [-0.05, 0) is 6.92 Å². The highest BCUT2D eigenvalue weighted by atomic mass is 35.5. The molecule has 0 aliphatic rings. The van der Waals surface area contributed by atoms with Gasteiger partial charge < -0.3 is 14.8 Å². The molecule has 3 rings (SSSR count). The van der Waals surface area contributed by atoms with E-state index in [9.17, 15) is 9.59 Å². The van der Waals surface area contributed by atoms with E-state index in [0.717, 1.165) is 0 Å². The number of nitrogens with zero attached hydrogens (tertiary/aromatic N) is 4. The van der Waals surface area contributed by atoms with Crippen molar-refractivity contribution in [1.82, 2.24) is 24.7 Å². The molecule has 0 aliphatic heterocycles. The van der Waals surface area contributed by atoms with E-state index in [4.69, 9.17) is 9.84 Å². The van der Waals surface area contributed by atoms with Gasteiger partial charge in [-0.15, -0.1) is 12.4 Å². The summed E-state index contributed by atoms with van der Waals surface area (Å²) < 4.78 is 6.61. The molecule has 23 heavy (non-hydrogen) atoms. The van der Waals surface area contributed by atoms with E-state index in [1.807, 2.05) is 0 Å². The molecule has 3 aromatic rings. The smallest absolute Gasteiger partial charge is 0.377 e. The Balaban J connectivity index is 0.00000192. The number of carbonyl (C=O) groups is 2. The molecule has 120 valence electrons. The number of ether oxygens (including phenoxy) is 1. The summed E-state index contributed by atoms with van der Waals surface area (Å²) in [4.78, 5) is 33.9. The number of hydrogen-bond donors (Lipinski definition) is 2. The van der Waals surface area contributed by atoms with Gasteiger partial charge in [0.1, 0.15) is 17.9 Å². The van der Waals surface area contributed by atoms with Gasteiger partial charge in [-0.3, -0.25) is 4.79 Å². The van der Waals surface area contributed by atoms with Gasteiger partial charge in [-0.25, -0.2) is 19.4 Å². The number of methoxy groups -OCH3 is 1. The molecule has 0 fully saturated rings. The third-order valence-corrected chi connectivity index (χ3v) is 3.14. The lowest BCUT2D eigenvalue weighted by molar-refractivity contribution is -0.131. The summed E-state index contributed by atoms with van der Waals surface area (Å²) in [5.74, 6) is -1.34. The van der Waals surface area contributed by atoms with Gasteiger partial charge in [0.25, 0.3) is 5.78 Å². The molecule has 0 amide bonds. The third-order valence-electron chi connectivity index (χ3n) is 3.14. The van der Waals surface area contributed by atoms with Crippen LogP contribution in [-0.2, 0) is 4.79 Å². The highest BCUT2D eigenvalue weighted by Gasteiger charge is 2.24. The minimum absolute atomic E-state index is 0. The molecular weight excluding hydrogens is 326 g/mol. The predicted molar refractivity (Wildman–Crippen MR) is 81.5 cm³/mol. The molecule has 0 unspecified atom stereocenters.